The maximum Gasteiger partial charge on any atom is 0.200 e. The Labute approximate surface area is 173 Å². The lowest BCUT2D eigenvalue weighted by molar-refractivity contribution is 0.283. The smallest absolute Gasteiger partial charge is 0.200 e. The molecule has 0 aliphatic heterocycles. The van der Waals surface area contributed by atoms with Crippen molar-refractivity contribution in [2.75, 3.05) is 27.8 Å². The number of hydrogen-bond donors (Lipinski definition) is 3. The monoisotopic (exact) mass is 477 g/mol. The Bertz CT molecular complexity index is 577. The van der Waals surface area contributed by atoms with E-state index in [1.54, 1.807) is 19.2 Å². The molecule has 0 spiro atoms. The van der Waals surface area contributed by atoms with E-state index >= 15 is 0 Å². The molecule has 0 heterocycles. The third-order valence-electron chi connectivity index (χ3n) is 5.27. The minimum atomic E-state index is 0. The van der Waals surface area contributed by atoms with Gasteiger partial charge in [0.1, 0.15) is 0 Å². The van der Waals surface area contributed by atoms with Crippen LogP contribution in [0.1, 0.15) is 44.6 Å². The number of aromatic hydroxyl groups is 1. The molecule has 0 saturated heterocycles. The third-order valence-corrected chi connectivity index (χ3v) is 5.27. The molecule has 2 rings (SSSR count). The summed E-state index contributed by atoms with van der Waals surface area (Å²) in [5, 5.41) is 16.8. The molecule has 0 unspecified atom stereocenters. The zero-order valence-corrected chi connectivity index (χ0v) is 18.6. The van der Waals surface area contributed by atoms with Crippen LogP contribution < -0.4 is 20.1 Å². The summed E-state index contributed by atoms with van der Waals surface area (Å²) in [7, 11) is 4.83. The van der Waals surface area contributed by atoms with Crippen molar-refractivity contribution in [3.05, 3.63) is 17.7 Å². The number of nitrogens with zero attached hydrogens (tertiary/aromatic N) is 1. The molecule has 1 fully saturated rings. The quantitative estimate of drug-likeness (QED) is 0.318. The molecule has 1 aliphatic rings. The maximum atomic E-state index is 9.99. The lowest BCUT2D eigenvalue weighted by Gasteiger charge is -2.28. The van der Waals surface area contributed by atoms with E-state index in [1.165, 1.54) is 46.3 Å². The lowest BCUT2D eigenvalue weighted by atomic mass is 9.83. The van der Waals surface area contributed by atoms with Crippen LogP contribution in [-0.4, -0.2) is 38.9 Å². The average Bonchev–Trinajstić information content (AvgIpc) is 3.12. The zero-order chi connectivity index (χ0) is 18.3. The number of phenolic OH excluding ortho intramolecular Hbond substituents is 1. The van der Waals surface area contributed by atoms with E-state index in [2.05, 4.69) is 22.5 Å². The number of rotatable bonds is 7. The zero-order valence-electron chi connectivity index (χ0n) is 16.2. The third kappa shape index (κ3) is 5.56. The number of benzene rings is 1. The largest absolute Gasteiger partial charge is 0.502 e. The summed E-state index contributed by atoms with van der Waals surface area (Å²) in [6.45, 7) is 3.79. The van der Waals surface area contributed by atoms with Gasteiger partial charge in [0.2, 0.25) is 5.75 Å². The molecule has 6 nitrogen and oxygen atoms in total. The van der Waals surface area contributed by atoms with Crippen molar-refractivity contribution >= 4 is 29.9 Å². The summed E-state index contributed by atoms with van der Waals surface area (Å²) in [6, 6.07) is 3.59. The van der Waals surface area contributed by atoms with Gasteiger partial charge < -0.3 is 25.2 Å². The van der Waals surface area contributed by atoms with Crippen LogP contribution >= 0.6 is 24.0 Å². The van der Waals surface area contributed by atoms with E-state index in [1.807, 2.05) is 0 Å². The molecule has 0 radical (unpaired) electrons. The highest BCUT2D eigenvalue weighted by atomic mass is 127. The number of nitrogens with one attached hydrogen (secondary N) is 2. The van der Waals surface area contributed by atoms with E-state index in [-0.39, 0.29) is 29.7 Å². The second-order valence-electron chi connectivity index (χ2n) is 6.69. The van der Waals surface area contributed by atoms with E-state index in [9.17, 15) is 5.11 Å². The second-order valence-corrected chi connectivity index (χ2v) is 6.69. The Balaban J connectivity index is 0.00000338. The first-order valence-electron chi connectivity index (χ1n) is 8.96. The van der Waals surface area contributed by atoms with Crippen molar-refractivity contribution in [2.24, 2.45) is 10.4 Å². The molecule has 26 heavy (non-hydrogen) atoms. The van der Waals surface area contributed by atoms with Gasteiger partial charge in [-0.3, -0.25) is 4.99 Å². The fraction of sp³-hybridized carbons (Fsp3) is 0.632. The highest BCUT2D eigenvalue weighted by Gasteiger charge is 2.31. The van der Waals surface area contributed by atoms with Crippen molar-refractivity contribution in [2.45, 2.75) is 45.6 Å². The Hall–Kier alpha value is -1.38. The standard InChI is InChI=1S/C19H31N3O3.HI/c1-5-19(8-6-7-9-19)13-22-18(20-2)21-12-14-10-15(24-3)17(23)16(11-14)25-4;/h10-11,23H,5-9,12-13H2,1-4H3,(H2,20,21,22);1H. The summed E-state index contributed by atoms with van der Waals surface area (Å²) in [6.07, 6.45) is 6.44. The van der Waals surface area contributed by atoms with E-state index in [0.29, 0.717) is 23.5 Å². The molecule has 0 bridgehead atoms. The summed E-state index contributed by atoms with van der Waals surface area (Å²) in [5.41, 5.74) is 1.35. The van der Waals surface area contributed by atoms with Crippen LogP contribution in [0.4, 0.5) is 0 Å². The first-order chi connectivity index (χ1) is 12.1. The van der Waals surface area contributed by atoms with E-state index in [4.69, 9.17) is 9.47 Å². The Morgan fingerprint density at radius 3 is 2.19 bits per heavy atom. The van der Waals surface area contributed by atoms with Gasteiger partial charge in [0.25, 0.3) is 0 Å². The lowest BCUT2D eigenvalue weighted by Crippen LogP contribution is -2.42. The molecule has 7 heteroatoms. The molecule has 0 atom stereocenters. The predicted octanol–water partition coefficient (Wildman–Crippen LogP) is 3.66. The van der Waals surface area contributed by atoms with Gasteiger partial charge in [-0.1, -0.05) is 19.8 Å². The number of guanidine groups is 1. The molecule has 3 N–H and O–H groups in total. The van der Waals surface area contributed by atoms with Gasteiger partial charge in [0.05, 0.1) is 14.2 Å². The molecule has 1 saturated carbocycles. The van der Waals surface area contributed by atoms with Gasteiger partial charge in [-0.15, -0.1) is 24.0 Å². The highest BCUT2D eigenvalue weighted by molar-refractivity contribution is 14.0. The summed E-state index contributed by atoms with van der Waals surface area (Å²) in [5.74, 6) is 1.60. The van der Waals surface area contributed by atoms with Crippen LogP contribution in [0.3, 0.4) is 0 Å². The number of phenols is 1. The molecular formula is C19H32IN3O3. The van der Waals surface area contributed by atoms with Gasteiger partial charge in [-0.05, 0) is 42.4 Å². The topological polar surface area (TPSA) is 75.1 Å². The van der Waals surface area contributed by atoms with Gasteiger partial charge in [0.15, 0.2) is 17.5 Å². The number of aliphatic imine (C=N–C) groups is 1. The molecular weight excluding hydrogens is 445 g/mol. The van der Waals surface area contributed by atoms with Crippen LogP contribution in [0.2, 0.25) is 0 Å². The Kier molecular flexibility index (Phi) is 9.32. The Morgan fingerprint density at radius 1 is 1.15 bits per heavy atom. The minimum absolute atomic E-state index is 0. The van der Waals surface area contributed by atoms with E-state index < -0.39 is 0 Å². The maximum absolute atomic E-state index is 9.99. The van der Waals surface area contributed by atoms with E-state index in [0.717, 1.165) is 18.1 Å². The van der Waals surface area contributed by atoms with Crippen molar-refractivity contribution in [3.63, 3.8) is 0 Å². The molecule has 1 aromatic rings. The first-order valence-corrected chi connectivity index (χ1v) is 8.96. The fourth-order valence-corrected chi connectivity index (χ4v) is 3.51. The van der Waals surface area contributed by atoms with Gasteiger partial charge in [-0.2, -0.15) is 0 Å². The van der Waals surface area contributed by atoms with Gasteiger partial charge in [0, 0.05) is 20.1 Å². The van der Waals surface area contributed by atoms with Crippen molar-refractivity contribution in [3.8, 4) is 17.2 Å². The summed E-state index contributed by atoms with van der Waals surface area (Å²) in [4.78, 5) is 4.31. The summed E-state index contributed by atoms with van der Waals surface area (Å²) < 4.78 is 10.4. The molecule has 0 aromatic heterocycles. The van der Waals surface area contributed by atoms with Gasteiger partial charge in [-0.25, -0.2) is 0 Å². The normalized spacial score (nSPS) is 15.9. The Morgan fingerprint density at radius 2 is 1.73 bits per heavy atom. The molecule has 148 valence electrons. The van der Waals surface area contributed by atoms with Crippen molar-refractivity contribution in [1.29, 1.82) is 0 Å². The molecule has 0 amide bonds. The number of methoxy groups -OCH3 is 2. The van der Waals surface area contributed by atoms with Crippen LogP contribution in [0.15, 0.2) is 17.1 Å². The molecule has 1 aliphatic carbocycles. The predicted molar refractivity (Wildman–Crippen MR) is 116 cm³/mol. The summed E-state index contributed by atoms with van der Waals surface area (Å²) >= 11 is 0. The average molecular weight is 477 g/mol. The first kappa shape index (κ1) is 22.7. The highest BCUT2D eigenvalue weighted by Crippen LogP contribution is 2.40. The van der Waals surface area contributed by atoms with Crippen molar-refractivity contribution in [1.82, 2.24) is 10.6 Å². The minimum Gasteiger partial charge on any atom is -0.502 e. The van der Waals surface area contributed by atoms with Crippen LogP contribution in [0.25, 0.3) is 0 Å². The number of ether oxygens (including phenoxy) is 2. The van der Waals surface area contributed by atoms with Crippen LogP contribution in [0, 0.1) is 5.41 Å². The SMILES string of the molecule is CCC1(CNC(=NC)NCc2cc(OC)c(O)c(OC)c2)CCCC1.I. The molecule has 1 aromatic carbocycles. The number of halogens is 1. The number of hydrogen-bond acceptors (Lipinski definition) is 4. The van der Waals surface area contributed by atoms with Gasteiger partial charge >= 0.3 is 0 Å². The second kappa shape index (κ2) is 10.7. The van der Waals surface area contributed by atoms with Crippen molar-refractivity contribution < 1.29 is 14.6 Å². The fourth-order valence-electron chi connectivity index (χ4n) is 3.51. The van der Waals surface area contributed by atoms with Crippen LogP contribution in [-0.2, 0) is 6.54 Å². The van der Waals surface area contributed by atoms with Crippen LogP contribution in [0.5, 0.6) is 17.2 Å².